The van der Waals surface area contributed by atoms with E-state index in [0.717, 1.165) is 171 Å². The second-order valence-electron chi connectivity index (χ2n) is 14.8. The predicted molar refractivity (Wildman–Crippen MR) is 241 cm³/mol. The maximum atomic E-state index is 11.6. The van der Waals surface area contributed by atoms with Crippen molar-refractivity contribution in [3.8, 4) is 0 Å². The Balaban J connectivity index is 0.000000166. The van der Waals surface area contributed by atoms with Crippen molar-refractivity contribution in [1.82, 2.24) is 0 Å². The van der Waals surface area contributed by atoms with Crippen molar-refractivity contribution in [3.63, 3.8) is 0 Å². The Labute approximate surface area is 352 Å². The van der Waals surface area contributed by atoms with E-state index in [2.05, 4.69) is 72.8 Å². The van der Waals surface area contributed by atoms with Crippen molar-refractivity contribution in [2.75, 3.05) is 106 Å². The van der Waals surface area contributed by atoms with E-state index in [1.54, 1.807) is 0 Å². The van der Waals surface area contributed by atoms with Crippen LogP contribution in [0.2, 0.25) is 0 Å². The first kappa shape index (κ1) is 42.3. The van der Waals surface area contributed by atoms with Crippen LogP contribution in [0.15, 0.2) is 97.1 Å². The molecule has 0 bridgehead atoms. The monoisotopic (exact) mass is 810 g/mol. The minimum Gasteiger partial charge on any atom is -0.443 e. The van der Waals surface area contributed by atoms with Crippen LogP contribution in [-0.4, -0.2) is 130 Å². The van der Waals surface area contributed by atoms with Gasteiger partial charge in [0.05, 0.1) is 106 Å². The summed E-state index contributed by atoms with van der Waals surface area (Å²) < 4.78 is 39.6. The van der Waals surface area contributed by atoms with E-state index in [1.807, 2.05) is 36.4 Å². The summed E-state index contributed by atoms with van der Waals surface area (Å²) in [6.07, 6.45) is 4.27. The molecule has 0 saturated carbocycles. The van der Waals surface area contributed by atoms with E-state index in [9.17, 15) is 10.0 Å². The molecule has 12 rings (SSSR count). The van der Waals surface area contributed by atoms with Gasteiger partial charge in [-0.2, -0.15) is 0 Å². The Morgan fingerprint density at radius 1 is 0.333 bits per heavy atom. The average Bonchev–Trinajstić information content (AvgIpc) is 3.35. The van der Waals surface area contributed by atoms with Gasteiger partial charge in [0.25, 0.3) is 0 Å². The molecule has 6 aromatic rings. The molecule has 6 aromatic carbocycles. The zero-order valence-electron chi connectivity index (χ0n) is 34.0. The number of ether oxygens (including phenoxy) is 8. The highest BCUT2D eigenvalue weighted by atomic mass is 16.6. The molecular weight excluding hydrogens is 758 g/mol. The fraction of sp³-hybridized carbons (Fsp3) is 0.333. The first-order valence-corrected chi connectivity index (χ1v) is 21.0. The SMILES string of the molecule is C1COCCO1.C1COCCO1.C1COCCO1.C1COCCO1.OB1C(c2ccccc2)=Cc2ccc3cc4c5c(ccc6cc1c2c3c65)C=C(c1ccccc1)B4O. The molecule has 2 N–H and O–H groups in total. The molecule has 0 spiro atoms. The lowest BCUT2D eigenvalue weighted by atomic mass is 9.48. The molecule has 0 radical (unpaired) electrons. The topological polar surface area (TPSA) is 114 Å². The van der Waals surface area contributed by atoms with Gasteiger partial charge >= 0.3 is 13.8 Å². The minimum absolute atomic E-state index is 0.698. The predicted octanol–water partition coefficient (Wildman–Crippen LogP) is 5.29. The number of hydrogen-bond acceptors (Lipinski definition) is 10. The third-order valence-electron chi connectivity index (χ3n) is 11.0. The summed E-state index contributed by atoms with van der Waals surface area (Å²) in [4.78, 5) is 0. The van der Waals surface area contributed by atoms with Crippen molar-refractivity contribution < 1.29 is 47.9 Å². The van der Waals surface area contributed by atoms with Crippen molar-refractivity contribution in [2.45, 2.75) is 0 Å². The van der Waals surface area contributed by atoms with E-state index in [1.165, 1.54) is 10.8 Å². The van der Waals surface area contributed by atoms with Crippen LogP contribution in [0.5, 0.6) is 0 Å². The molecule has 0 aromatic heterocycles. The molecule has 4 saturated heterocycles. The van der Waals surface area contributed by atoms with E-state index in [0.29, 0.717) is 0 Å². The van der Waals surface area contributed by atoms with E-state index in [4.69, 9.17) is 37.9 Å². The third kappa shape index (κ3) is 10.0. The molecule has 12 heteroatoms. The largest absolute Gasteiger partial charge is 0.443 e. The van der Waals surface area contributed by atoms with Crippen LogP contribution in [0, 0.1) is 0 Å². The standard InChI is InChI=1S/C32H20B2O2.4C4H8O2/c35-33-25(19-7-3-1-4-8-19)15-21-11-13-24-18-28-30-22(16-26(34(28)36)20-9-5-2-6-10-20)12-14-23-17-27(33)29(21)31(24)32(23)30;4*1-2-6-4-3-5-1/h1-18,35-36H;4*1-4H2. The van der Waals surface area contributed by atoms with E-state index >= 15 is 0 Å². The summed E-state index contributed by atoms with van der Waals surface area (Å²) in [6.45, 7) is 11.0. The third-order valence-corrected chi connectivity index (χ3v) is 11.0. The molecule has 6 heterocycles. The summed E-state index contributed by atoms with van der Waals surface area (Å²) in [5.74, 6) is 0. The normalized spacial score (nSPS) is 18.4. The smallest absolute Gasteiger partial charge is 0.360 e. The molecule has 0 unspecified atom stereocenters. The Morgan fingerprint density at radius 3 is 0.883 bits per heavy atom. The van der Waals surface area contributed by atoms with Crippen LogP contribution >= 0.6 is 0 Å². The summed E-state index contributed by atoms with van der Waals surface area (Å²) in [6, 6.07) is 33.2. The highest BCUT2D eigenvalue weighted by Crippen LogP contribution is 2.42. The Morgan fingerprint density at radius 2 is 0.617 bits per heavy atom. The number of hydrogen-bond donors (Lipinski definition) is 2. The van der Waals surface area contributed by atoms with Crippen LogP contribution in [0.3, 0.4) is 0 Å². The van der Waals surface area contributed by atoms with Crippen LogP contribution in [0.25, 0.3) is 55.4 Å². The van der Waals surface area contributed by atoms with E-state index < -0.39 is 13.8 Å². The lowest BCUT2D eigenvalue weighted by molar-refractivity contribution is -0.0334. The molecule has 4 fully saturated rings. The first-order valence-electron chi connectivity index (χ1n) is 21.0. The van der Waals surface area contributed by atoms with Gasteiger partial charge in [-0.05, 0) is 76.4 Å². The molecule has 6 aliphatic heterocycles. The van der Waals surface area contributed by atoms with E-state index in [-0.39, 0.29) is 0 Å². The maximum Gasteiger partial charge on any atom is 0.360 e. The van der Waals surface area contributed by atoms with Crippen molar-refractivity contribution in [3.05, 3.63) is 119 Å². The highest BCUT2D eigenvalue weighted by molar-refractivity contribution is 6.89. The lowest BCUT2D eigenvalue weighted by Crippen LogP contribution is -2.37. The fourth-order valence-electron chi connectivity index (χ4n) is 8.15. The van der Waals surface area contributed by atoms with Crippen LogP contribution in [-0.2, 0) is 37.9 Å². The summed E-state index contributed by atoms with van der Waals surface area (Å²) in [5.41, 5.74) is 8.07. The minimum atomic E-state index is -0.698. The maximum absolute atomic E-state index is 11.6. The van der Waals surface area contributed by atoms with Crippen molar-refractivity contribution in [1.29, 1.82) is 0 Å². The zero-order chi connectivity index (χ0) is 40.9. The molecule has 0 amide bonds. The lowest BCUT2D eigenvalue weighted by Gasteiger charge is -2.27. The van der Waals surface area contributed by atoms with Crippen LogP contribution in [0.1, 0.15) is 22.3 Å². The molecule has 310 valence electrons. The van der Waals surface area contributed by atoms with Gasteiger partial charge in [-0.25, -0.2) is 0 Å². The highest BCUT2D eigenvalue weighted by Gasteiger charge is 2.33. The Bertz CT molecular complexity index is 2100. The summed E-state index contributed by atoms with van der Waals surface area (Å²) in [5, 5.41) is 29.9. The van der Waals surface area contributed by atoms with Crippen molar-refractivity contribution >= 4 is 80.2 Å². The van der Waals surface area contributed by atoms with Crippen LogP contribution in [0.4, 0.5) is 0 Å². The molecular formula is C48H52B2O10. The van der Waals surface area contributed by atoms with Gasteiger partial charge in [0.2, 0.25) is 0 Å². The first-order chi connectivity index (χ1) is 29.7. The summed E-state index contributed by atoms with van der Waals surface area (Å²) in [7, 11) is 0. The van der Waals surface area contributed by atoms with Gasteiger partial charge < -0.3 is 47.9 Å². The van der Waals surface area contributed by atoms with Gasteiger partial charge in [-0.15, -0.1) is 0 Å². The number of rotatable bonds is 2. The molecule has 0 atom stereocenters. The summed E-state index contributed by atoms with van der Waals surface area (Å²) >= 11 is 0. The quantitative estimate of drug-likeness (QED) is 0.177. The Hall–Kier alpha value is -4.43. The van der Waals surface area contributed by atoms with Gasteiger partial charge in [-0.3, -0.25) is 0 Å². The average molecular weight is 811 g/mol. The second-order valence-corrected chi connectivity index (χ2v) is 14.8. The number of benzene rings is 6. The molecule has 0 aliphatic carbocycles. The van der Waals surface area contributed by atoms with Gasteiger partial charge in [0.1, 0.15) is 0 Å². The van der Waals surface area contributed by atoms with Gasteiger partial charge in [-0.1, -0.05) is 109 Å². The molecule has 60 heavy (non-hydrogen) atoms. The Kier molecular flexibility index (Phi) is 15.1. The zero-order valence-corrected chi connectivity index (χ0v) is 34.0. The van der Waals surface area contributed by atoms with Crippen LogP contribution < -0.4 is 10.9 Å². The van der Waals surface area contributed by atoms with Gasteiger partial charge in [0.15, 0.2) is 0 Å². The molecule has 10 nitrogen and oxygen atoms in total. The second kappa shape index (κ2) is 21.4. The fourth-order valence-corrected chi connectivity index (χ4v) is 8.15. The van der Waals surface area contributed by atoms with Gasteiger partial charge in [0, 0.05) is 0 Å². The molecule has 6 aliphatic rings. The van der Waals surface area contributed by atoms with Crippen molar-refractivity contribution in [2.24, 2.45) is 0 Å².